The Morgan fingerprint density at radius 1 is 1.27 bits per heavy atom. The summed E-state index contributed by atoms with van der Waals surface area (Å²) in [6.07, 6.45) is 3.39. The van der Waals surface area contributed by atoms with Crippen molar-refractivity contribution in [3.05, 3.63) is 33.9 Å². The van der Waals surface area contributed by atoms with Crippen molar-refractivity contribution in [3.8, 4) is 5.75 Å². The third-order valence-electron chi connectivity index (χ3n) is 5.38. The summed E-state index contributed by atoms with van der Waals surface area (Å²) in [6.45, 7) is 6.24. The van der Waals surface area contributed by atoms with Crippen molar-refractivity contribution < 1.29 is 9.53 Å². The van der Waals surface area contributed by atoms with Crippen molar-refractivity contribution in [2.75, 3.05) is 6.61 Å². The highest BCUT2D eigenvalue weighted by Crippen LogP contribution is 2.37. The molecule has 1 aromatic carbocycles. The van der Waals surface area contributed by atoms with Gasteiger partial charge in [-0.3, -0.25) is 4.79 Å². The number of pyridine rings is 1. The van der Waals surface area contributed by atoms with Crippen molar-refractivity contribution >= 4 is 40.0 Å². The lowest BCUT2D eigenvalue weighted by Crippen LogP contribution is -2.45. The number of fused-ring (bicyclic) bond motifs is 1. The van der Waals surface area contributed by atoms with Crippen LogP contribution < -0.4 is 10.1 Å². The summed E-state index contributed by atoms with van der Waals surface area (Å²) in [5.41, 5.74) is 1.41. The number of nitrogens with zero attached hydrogens (tertiary/aromatic N) is 1. The van der Waals surface area contributed by atoms with E-state index in [1.165, 1.54) is 6.42 Å². The van der Waals surface area contributed by atoms with Gasteiger partial charge in [-0.2, -0.15) is 0 Å². The zero-order chi connectivity index (χ0) is 18.8. The minimum Gasteiger partial charge on any atom is -0.480 e. The minimum absolute atomic E-state index is 0.0936. The second-order valence-electron chi connectivity index (χ2n) is 7.25. The third kappa shape index (κ3) is 4.07. The van der Waals surface area contributed by atoms with Crippen molar-refractivity contribution in [3.63, 3.8) is 0 Å². The number of carbonyl (C=O) groups is 1. The first-order valence-electron chi connectivity index (χ1n) is 9.04. The maximum absolute atomic E-state index is 12.4. The predicted octanol–water partition coefficient (Wildman–Crippen LogP) is 5.17. The Balaban J connectivity index is 1.73. The van der Waals surface area contributed by atoms with Gasteiger partial charge in [-0.05, 0) is 43.4 Å². The normalized spacial score (nSPS) is 23.0. The molecule has 0 aliphatic heterocycles. The summed E-state index contributed by atoms with van der Waals surface area (Å²) < 4.78 is 5.76. The Morgan fingerprint density at radius 2 is 2.04 bits per heavy atom. The van der Waals surface area contributed by atoms with Crippen LogP contribution in [0.1, 0.15) is 38.8 Å². The number of carbonyl (C=O) groups excluding carboxylic acids is 1. The number of nitrogens with one attached hydrogen (secondary N) is 1. The van der Waals surface area contributed by atoms with Gasteiger partial charge in [0.1, 0.15) is 5.52 Å². The fourth-order valence-corrected chi connectivity index (χ4v) is 4.17. The van der Waals surface area contributed by atoms with E-state index < -0.39 is 0 Å². The molecule has 1 saturated carbocycles. The van der Waals surface area contributed by atoms with Gasteiger partial charge in [-0.1, -0.05) is 49.9 Å². The van der Waals surface area contributed by atoms with Gasteiger partial charge in [-0.25, -0.2) is 4.98 Å². The Morgan fingerprint density at radius 3 is 2.81 bits per heavy atom. The SMILES string of the molecule is Cc1ccc2c(Cl)cc(Cl)c(OCC(=O)NC3CCCC(C)C3C)c2n1. The largest absolute Gasteiger partial charge is 0.480 e. The highest BCUT2D eigenvalue weighted by atomic mass is 35.5. The van der Waals surface area contributed by atoms with Crippen molar-refractivity contribution in [1.82, 2.24) is 10.3 Å². The Kier molecular flexibility index (Phi) is 5.93. The van der Waals surface area contributed by atoms with Crippen LogP contribution in [0.25, 0.3) is 10.9 Å². The molecule has 4 nitrogen and oxygen atoms in total. The molecule has 1 fully saturated rings. The number of amides is 1. The molecule has 6 heteroatoms. The highest BCUT2D eigenvalue weighted by Gasteiger charge is 2.28. The molecule has 26 heavy (non-hydrogen) atoms. The maximum Gasteiger partial charge on any atom is 0.258 e. The quantitative estimate of drug-likeness (QED) is 0.777. The monoisotopic (exact) mass is 394 g/mol. The minimum atomic E-state index is -0.136. The van der Waals surface area contributed by atoms with E-state index in [1.807, 2.05) is 19.1 Å². The molecular formula is C20H24Cl2N2O2. The lowest BCUT2D eigenvalue weighted by atomic mass is 9.78. The van der Waals surface area contributed by atoms with Crippen LogP contribution in [0.2, 0.25) is 10.0 Å². The molecule has 1 heterocycles. The van der Waals surface area contributed by atoms with E-state index in [2.05, 4.69) is 24.1 Å². The Bertz CT molecular complexity index is 825. The zero-order valence-corrected chi connectivity index (χ0v) is 16.8. The van der Waals surface area contributed by atoms with E-state index in [1.54, 1.807) is 6.07 Å². The topological polar surface area (TPSA) is 51.2 Å². The van der Waals surface area contributed by atoms with Crippen LogP contribution in [-0.4, -0.2) is 23.5 Å². The van der Waals surface area contributed by atoms with Crippen molar-refractivity contribution in [1.29, 1.82) is 0 Å². The number of benzene rings is 1. The number of hydrogen-bond acceptors (Lipinski definition) is 3. The predicted molar refractivity (Wildman–Crippen MR) is 106 cm³/mol. The van der Waals surface area contributed by atoms with Gasteiger partial charge in [0.05, 0.1) is 10.0 Å². The number of aryl methyl sites for hydroxylation is 1. The summed E-state index contributed by atoms with van der Waals surface area (Å²) in [4.78, 5) is 16.9. The second kappa shape index (κ2) is 8.01. The number of rotatable bonds is 4. The molecule has 3 rings (SSSR count). The summed E-state index contributed by atoms with van der Waals surface area (Å²) in [6, 6.07) is 5.59. The first kappa shape index (κ1) is 19.2. The zero-order valence-electron chi connectivity index (χ0n) is 15.3. The average Bonchev–Trinajstić information content (AvgIpc) is 2.58. The smallest absolute Gasteiger partial charge is 0.258 e. The van der Waals surface area contributed by atoms with E-state index in [0.29, 0.717) is 33.1 Å². The lowest BCUT2D eigenvalue weighted by Gasteiger charge is -2.34. The van der Waals surface area contributed by atoms with Gasteiger partial charge < -0.3 is 10.1 Å². The van der Waals surface area contributed by atoms with Gasteiger partial charge in [0.15, 0.2) is 12.4 Å². The molecule has 3 atom stereocenters. The standard InChI is InChI=1S/C20H24Cl2N2O2/c1-11-5-4-6-17(13(11)3)24-18(25)10-26-20-16(22)9-15(21)14-8-7-12(2)23-19(14)20/h7-9,11,13,17H,4-6,10H2,1-3H3,(H,24,25). The average molecular weight is 395 g/mol. The number of hydrogen-bond donors (Lipinski definition) is 1. The van der Waals surface area contributed by atoms with E-state index in [-0.39, 0.29) is 18.6 Å². The van der Waals surface area contributed by atoms with Crippen LogP contribution in [0.3, 0.4) is 0 Å². The van der Waals surface area contributed by atoms with E-state index in [0.717, 1.165) is 23.9 Å². The van der Waals surface area contributed by atoms with E-state index in [9.17, 15) is 4.79 Å². The molecule has 1 amide bonds. The number of halogens is 2. The van der Waals surface area contributed by atoms with Crippen LogP contribution in [0.5, 0.6) is 5.75 Å². The fourth-order valence-electron chi connectivity index (χ4n) is 3.60. The molecule has 0 spiro atoms. The molecule has 1 aromatic heterocycles. The summed E-state index contributed by atoms with van der Waals surface area (Å²) in [7, 11) is 0. The van der Waals surface area contributed by atoms with Crippen molar-refractivity contribution in [2.45, 2.75) is 46.1 Å². The van der Waals surface area contributed by atoms with Crippen LogP contribution in [0, 0.1) is 18.8 Å². The maximum atomic E-state index is 12.4. The van der Waals surface area contributed by atoms with E-state index >= 15 is 0 Å². The number of aromatic nitrogens is 1. The lowest BCUT2D eigenvalue weighted by molar-refractivity contribution is -0.124. The Hall–Kier alpha value is -1.52. The first-order valence-corrected chi connectivity index (χ1v) is 9.80. The highest BCUT2D eigenvalue weighted by molar-refractivity contribution is 6.39. The van der Waals surface area contributed by atoms with Crippen LogP contribution >= 0.6 is 23.2 Å². The van der Waals surface area contributed by atoms with Gasteiger partial charge in [0.2, 0.25) is 0 Å². The fraction of sp³-hybridized carbons (Fsp3) is 0.500. The van der Waals surface area contributed by atoms with Gasteiger partial charge in [0.25, 0.3) is 5.91 Å². The molecule has 0 bridgehead atoms. The molecule has 1 aliphatic rings. The second-order valence-corrected chi connectivity index (χ2v) is 8.06. The summed E-state index contributed by atoms with van der Waals surface area (Å²) in [5.74, 6) is 1.35. The molecule has 1 N–H and O–H groups in total. The van der Waals surface area contributed by atoms with Gasteiger partial charge in [-0.15, -0.1) is 0 Å². The van der Waals surface area contributed by atoms with Gasteiger partial charge in [0, 0.05) is 17.1 Å². The Labute approximate surface area is 164 Å². The number of ether oxygens (including phenoxy) is 1. The molecule has 1 aliphatic carbocycles. The molecule has 3 unspecified atom stereocenters. The van der Waals surface area contributed by atoms with Crippen LogP contribution in [0.15, 0.2) is 18.2 Å². The van der Waals surface area contributed by atoms with Crippen molar-refractivity contribution in [2.24, 2.45) is 11.8 Å². The molecule has 0 saturated heterocycles. The van der Waals surface area contributed by atoms with E-state index in [4.69, 9.17) is 27.9 Å². The van der Waals surface area contributed by atoms with Gasteiger partial charge >= 0.3 is 0 Å². The summed E-state index contributed by atoms with van der Waals surface area (Å²) >= 11 is 12.5. The molecule has 2 aromatic rings. The first-order chi connectivity index (χ1) is 12.4. The van der Waals surface area contributed by atoms with Crippen LogP contribution in [0.4, 0.5) is 0 Å². The summed E-state index contributed by atoms with van der Waals surface area (Å²) in [5, 5.41) is 4.73. The molecular weight excluding hydrogens is 371 g/mol. The van der Waals surface area contributed by atoms with Crippen LogP contribution in [-0.2, 0) is 4.79 Å². The molecule has 0 radical (unpaired) electrons. The molecule has 140 valence electrons. The third-order valence-corrected chi connectivity index (χ3v) is 5.97.